The van der Waals surface area contributed by atoms with E-state index in [9.17, 15) is 19.8 Å². The Labute approximate surface area is 385 Å². The minimum atomic E-state index is -0.809. The second-order valence-electron chi connectivity index (χ2n) is 18.6. The molecule has 0 aromatic rings. The molecule has 0 aromatic heterocycles. The average Bonchev–Trinajstić information content (AvgIpc) is 3.26. The zero-order chi connectivity index (χ0) is 45.2. The maximum Gasteiger partial charge on any atom is 0.306 e. The predicted octanol–water partition coefficient (Wildman–Crippen LogP) is 16.5. The van der Waals surface area contributed by atoms with Gasteiger partial charge in [0.05, 0.1) is 25.2 Å². The van der Waals surface area contributed by atoms with Gasteiger partial charge in [-0.2, -0.15) is 0 Å². The monoisotopic (exact) mass is 872 g/mol. The molecule has 0 heterocycles. The van der Waals surface area contributed by atoms with Crippen molar-refractivity contribution in [3.05, 3.63) is 36.5 Å². The number of aliphatic hydroxyl groups excluding tert-OH is 2. The number of allylic oxidation sites excluding steroid dienone is 5. The van der Waals surface area contributed by atoms with Crippen molar-refractivity contribution in [2.24, 2.45) is 0 Å². The highest BCUT2D eigenvalue weighted by molar-refractivity contribution is 5.78. The number of hydrogen-bond acceptors (Lipinski definition) is 5. The first-order valence-electron chi connectivity index (χ1n) is 27.2. The number of amides is 1. The molecule has 0 spiro atoms. The molecule has 3 atom stereocenters. The molecule has 0 aliphatic heterocycles. The number of unbranched alkanes of at least 4 members (excludes halogenated alkanes) is 33. The van der Waals surface area contributed by atoms with Crippen LogP contribution >= 0.6 is 0 Å². The topological polar surface area (TPSA) is 95.9 Å². The van der Waals surface area contributed by atoms with Crippen LogP contribution in [0.5, 0.6) is 0 Å². The summed E-state index contributed by atoms with van der Waals surface area (Å²) >= 11 is 0. The Balaban J connectivity index is 4.54. The smallest absolute Gasteiger partial charge is 0.306 e. The lowest BCUT2D eigenvalue weighted by Gasteiger charge is -2.23. The molecule has 0 saturated carbocycles. The molecule has 0 aliphatic rings. The minimum absolute atomic E-state index is 0.0277. The molecular weight excluding hydrogens is 767 g/mol. The normalized spacial score (nSPS) is 13.4. The van der Waals surface area contributed by atoms with Crippen LogP contribution < -0.4 is 5.32 Å². The van der Waals surface area contributed by atoms with Crippen LogP contribution in [0, 0.1) is 0 Å². The number of aliphatic hydroxyl groups is 2. The van der Waals surface area contributed by atoms with Gasteiger partial charge >= 0.3 is 5.97 Å². The third-order valence-electron chi connectivity index (χ3n) is 12.4. The van der Waals surface area contributed by atoms with E-state index < -0.39 is 18.2 Å². The van der Waals surface area contributed by atoms with E-state index in [0.717, 1.165) is 51.4 Å². The summed E-state index contributed by atoms with van der Waals surface area (Å²) in [5, 5.41) is 23.7. The standard InChI is InChI=1S/C56H105NO5/c1-4-7-10-13-16-19-22-24-26-27-29-31-34-37-40-43-46-49-56(61)62-52(47-44-41-38-35-32-21-18-15-12-9-6-3)50-55(60)57-53(51-58)54(59)48-45-42-39-36-33-30-28-25-23-20-17-14-11-8-5-2/h24,26,35,38,44,47,52-54,58-59H,4-23,25,27-34,36-37,39-43,45-46,48-51H2,1-3H3,(H,57,60)/b26-24+,38-35-,47-44+. The fourth-order valence-corrected chi connectivity index (χ4v) is 8.27. The maximum atomic E-state index is 13.2. The van der Waals surface area contributed by atoms with Crippen LogP contribution in [0.2, 0.25) is 0 Å². The van der Waals surface area contributed by atoms with Crippen molar-refractivity contribution in [1.82, 2.24) is 5.32 Å². The van der Waals surface area contributed by atoms with Gasteiger partial charge in [-0.1, -0.05) is 244 Å². The van der Waals surface area contributed by atoms with E-state index in [1.807, 2.05) is 12.2 Å². The average molecular weight is 872 g/mol. The Kier molecular flexibility index (Phi) is 48.5. The third kappa shape index (κ3) is 44.7. The second-order valence-corrected chi connectivity index (χ2v) is 18.6. The van der Waals surface area contributed by atoms with Gasteiger partial charge in [0.2, 0.25) is 5.91 Å². The van der Waals surface area contributed by atoms with Gasteiger partial charge in [-0.15, -0.1) is 0 Å². The summed E-state index contributed by atoms with van der Waals surface area (Å²) < 4.78 is 5.84. The van der Waals surface area contributed by atoms with Gasteiger partial charge in [0.15, 0.2) is 0 Å². The molecule has 364 valence electrons. The fraction of sp³-hybridized carbons (Fsp3) is 0.857. The molecule has 0 saturated heterocycles. The van der Waals surface area contributed by atoms with Crippen LogP contribution in [-0.2, 0) is 14.3 Å². The number of carbonyl (C=O) groups is 2. The number of hydrogen-bond donors (Lipinski definition) is 3. The zero-order valence-electron chi connectivity index (χ0n) is 41.5. The second kappa shape index (κ2) is 50.1. The van der Waals surface area contributed by atoms with E-state index in [1.165, 1.54) is 193 Å². The molecule has 0 fully saturated rings. The summed E-state index contributed by atoms with van der Waals surface area (Å²) in [4.78, 5) is 26.1. The Morgan fingerprint density at radius 2 is 0.855 bits per heavy atom. The van der Waals surface area contributed by atoms with Crippen molar-refractivity contribution in [2.75, 3.05) is 6.61 Å². The minimum Gasteiger partial charge on any atom is -0.458 e. The summed E-state index contributed by atoms with van der Waals surface area (Å²) in [7, 11) is 0. The van der Waals surface area contributed by atoms with E-state index in [-0.39, 0.29) is 24.9 Å². The maximum absolute atomic E-state index is 13.2. The first-order chi connectivity index (χ1) is 30.5. The van der Waals surface area contributed by atoms with Crippen molar-refractivity contribution in [2.45, 2.75) is 302 Å². The van der Waals surface area contributed by atoms with E-state index in [0.29, 0.717) is 12.8 Å². The highest BCUT2D eigenvalue weighted by Gasteiger charge is 2.23. The summed E-state index contributed by atoms with van der Waals surface area (Å²) in [6, 6.07) is -0.731. The lowest BCUT2D eigenvalue weighted by atomic mass is 10.0. The molecule has 62 heavy (non-hydrogen) atoms. The largest absolute Gasteiger partial charge is 0.458 e. The first kappa shape index (κ1) is 60.1. The number of ether oxygens (including phenoxy) is 1. The van der Waals surface area contributed by atoms with Crippen molar-refractivity contribution in [3.63, 3.8) is 0 Å². The lowest BCUT2D eigenvalue weighted by Crippen LogP contribution is -2.46. The molecule has 0 bridgehead atoms. The van der Waals surface area contributed by atoms with Gasteiger partial charge in [0.25, 0.3) is 0 Å². The van der Waals surface area contributed by atoms with Crippen molar-refractivity contribution >= 4 is 11.9 Å². The predicted molar refractivity (Wildman–Crippen MR) is 269 cm³/mol. The summed E-state index contributed by atoms with van der Waals surface area (Å²) in [5.41, 5.74) is 0. The van der Waals surface area contributed by atoms with Crippen LogP contribution in [0.4, 0.5) is 0 Å². The van der Waals surface area contributed by atoms with Crippen molar-refractivity contribution < 1.29 is 24.5 Å². The van der Waals surface area contributed by atoms with Crippen LogP contribution in [-0.4, -0.2) is 46.9 Å². The molecule has 6 heteroatoms. The highest BCUT2D eigenvalue weighted by Crippen LogP contribution is 2.17. The third-order valence-corrected chi connectivity index (χ3v) is 12.4. The molecular formula is C56H105NO5. The Hall–Kier alpha value is -1.92. The van der Waals surface area contributed by atoms with Crippen LogP contribution in [0.3, 0.4) is 0 Å². The van der Waals surface area contributed by atoms with E-state index >= 15 is 0 Å². The van der Waals surface area contributed by atoms with Gasteiger partial charge in [-0.3, -0.25) is 9.59 Å². The first-order valence-corrected chi connectivity index (χ1v) is 27.2. The summed E-state index contributed by atoms with van der Waals surface area (Å²) in [6.45, 7) is 6.46. The Bertz CT molecular complexity index is 1020. The summed E-state index contributed by atoms with van der Waals surface area (Å²) in [6.07, 6.45) is 59.5. The number of esters is 1. The Morgan fingerprint density at radius 1 is 0.484 bits per heavy atom. The molecule has 0 radical (unpaired) electrons. The molecule has 3 N–H and O–H groups in total. The molecule has 0 aromatic carbocycles. The van der Waals surface area contributed by atoms with E-state index in [1.54, 1.807) is 0 Å². The molecule has 6 nitrogen and oxygen atoms in total. The highest BCUT2D eigenvalue weighted by atomic mass is 16.5. The molecule has 3 unspecified atom stereocenters. The van der Waals surface area contributed by atoms with Gasteiger partial charge in [-0.25, -0.2) is 0 Å². The SMILES string of the molecule is CCCCCCCC/C=C\C/C=C/C(CC(=O)NC(CO)C(O)CCCCCCCCCCCCCCCCC)OC(=O)CCCCCCCCC/C=C/CCCCCCCC. The van der Waals surface area contributed by atoms with Crippen molar-refractivity contribution in [1.29, 1.82) is 0 Å². The fourth-order valence-electron chi connectivity index (χ4n) is 8.27. The van der Waals surface area contributed by atoms with Crippen molar-refractivity contribution in [3.8, 4) is 0 Å². The quantitative estimate of drug-likeness (QED) is 0.0321. The number of nitrogens with one attached hydrogen (secondary N) is 1. The number of rotatable bonds is 49. The molecule has 1 amide bonds. The van der Waals surface area contributed by atoms with Crippen LogP contribution in [0.1, 0.15) is 284 Å². The van der Waals surface area contributed by atoms with Crippen LogP contribution in [0.25, 0.3) is 0 Å². The van der Waals surface area contributed by atoms with Gasteiger partial charge in [0, 0.05) is 6.42 Å². The molecule has 0 rings (SSSR count). The zero-order valence-corrected chi connectivity index (χ0v) is 41.5. The van der Waals surface area contributed by atoms with E-state index in [2.05, 4.69) is 50.4 Å². The van der Waals surface area contributed by atoms with Gasteiger partial charge < -0.3 is 20.3 Å². The Morgan fingerprint density at radius 3 is 1.27 bits per heavy atom. The lowest BCUT2D eigenvalue weighted by molar-refractivity contribution is -0.148. The number of carbonyl (C=O) groups excluding carboxylic acids is 2. The molecule has 0 aliphatic carbocycles. The van der Waals surface area contributed by atoms with E-state index in [4.69, 9.17) is 4.74 Å². The van der Waals surface area contributed by atoms with Crippen LogP contribution in [0.15, 0.2) is 36.5 Å². The summed E-state index contributed by atoms with van der Waals surface area (Å²) in [5.74, 6) is -0.598. The van der Waals surface area contributed by atoms with Gasteiger partial charge in [-0.05, 0) is 63.9 Å². The van der Waals surface area contributed by atoms with Gasteiger partial charge in [0.1, 0.15) is 6.10 Å².